The number of carbonyl (C=O) groups is 1. The van der Waals surface area contributed by atoms with Gasteiger partial charge >= 0.3 is 0 Å². The Morgan fingerprint density at radius 2 is 1.92 bits per heavy atom. The van der Waals surface area contributed by atoms with Crippen LogP contribution in [0.1, 0.15) is 16.1 Å². The van der Waals surface area contributed by atoms with Crippen molar-refractivity contribution in [3.05, 3.63) is 59.8 Å². The van der Waals surface area contributed by atoms with Crippen LogP contribution in [0.4, 0.5) is 10.1 Å². The van der Waals surface area contributed by atoms with Gasteiger partial charge in [-0.15, -0.1) is 0 Å². The highest BCUT2D eigenvalue weighted by Crippen LogP contribution is 2.27. The lowest BCUT2D eigenvalue weighted by molar-refractivity contribution is 0.0958. The summed E-state index contributed by atoms with van der Waals surface area (Å²) in [5.41, 5.74) is 8.73. The van der Waals surface area contributed by atoms with Gasteiger partial charge in [0.1, 0.15) is 11.5 Å². The van der Waals surface area contributed by atoms with Crippen LogP contribution in [0, 0.1) is 12.7 Å². The number of pyridine rings is 1. The zero-order valence-corrected chi connectivity index (χ0v) is 13.7. The molecule has 126 valence electrons. The minimum absolute atomic E-state index is 0.0616. The number of nitrogens with zero attached hydrogens (tertiary/aromatic N) is 3. The number of anilines is 1. The number of hydrogen-bond donors (Lipinski definition) is 2. The smallest absolute Gasteiger partial charge is 0.269 e. The molecule has 0 aliphatic carbocycles. The average Bonchev–Trinajstić information content (AvgIpc) is 2.64. The zero-order valence-electron chi connectivity index (χ0n) is 13.7. The highest BCUT2D eigenvalue weighted by molar-refractivity contribution is 5.93. The van der Waals surface area contributed by atoms with E-state index >= 15 is 0 Å². The van der Waals surface area contributed by atoms with E-state index in [4.69, 9.17) is 5.73 Å². The van der Waals surface area contributed by atoms with Gasteiger partial charge in [-0.05, 0) is 42.8 Å². The molecule has 3 rings (SSSR count). The van der Waals surface area contributed by atoms with Crippen LogP contribution in [0.3, 0.4) is 0 Å². The number of halogens is 1. The molecule has 0 spiro atoms. The van der Waals surface area contributed by atoms with Gasteiger partial charge in [0, 0.05) is 30.6 Å². The Bertz CT molecular complexity index is 958. The minimum Gasteiger partial charge on any atom is -0.396 e. The van der Waals surface area contributed by atoms with E-state index in [1.165, 1.54) is 19.3 Å². The fourth-order valence-corrected chi connectivity index (χ4v) is 2.44. The second-order valence-corrected chi connectivity index (χ2v) is 5.46. The predicted octanol–water partition coefficient (Wildman–Crippen LogP) is 2.59. The highest BCUT2D eigenvalue weighted by Gasteiger charge is 2.12. The first-order valence-corrected chi connectivity index (χ1v) is 7.57. The first-order valence-electron chi connectivity index (χ1n) is 7.57. The Balaban J connectivity index is 2.06. The summed E-state index contributed by atoms with van der Waals surface area (Å²) in [6, 6.07) is 7.99. The van der Waals surface area contributed by atoms with Gasteiger partial charge in [0.15, 0.2) is 5.82 Å². The standard InChI is InChI=1S/C18H16FN5O/c1-10-7-13(19)14(20)9-12(10)15-4-6-23-17(24-15)11-3-5-22-16(8-11)18(25)21-2/h3-9H,20H2,1-2H3,(H,21,25). The van der Waals surface area contributed by atoms with E-state index in [0.29, 0.717) is 17.1 Å². The molecule has 0 fully saturated rings. The van der Waals surface area contributed by atoms with E-state index in [-0.39, 0.29) is 17.3 Å². The van der Waals surface area contributed by atoms with Gasteiger partial charge in [-0.3, -0.25) is 9.78 Å². The van der Waals surface area contributed by atoms with Gasteiger partial charge < -0.3 is 11.1 Å². The number of rotatable bonds is 3. The number of nitrogens with two attached hydrogens (primary N) is 1. The van der Waals surface area contributed by atoms with Crippen molar-refractivity contribution in [1.82, 2.24) is 20.3 Å². The molecule has 0 saturated heterocycles. The van der Waals surface area contributed by atoms with Crippen molar-refractivity contribution >= 4 is 11.6 Å². The third-order valence-corrected chi connectivity index (χ3v) is 3.75. The second kappa shape index (κ2) is 6.64. The van der Waals surface area contributed by atoms with Gasteiger partial charge in [-0.2, -0.15) is 0 Å². The number of benzene rings is 1. The summed E-state index contributed by atoms with van der Waals surface area (Å²) in [5.74, 6) is -0.313. The number of amides is 1. The zero-order chi connectivity index (χ0) is 18.0. The normalized spacial score (nSPS) is 10.5. The number of hydrogen-bond acceptors (Lipinski definition) is 5. The third-order valence-electron chi connectivity index (χ3n) is 3.75. The summed E-state index contributed by atoms with van der Waals surface area (Å²) in [4.78, 5) is 24.5. The molecule has 25 heavy (non-hydrogen) atoms. The number of carbonyl (C=O) groups excluding carboxylic acids is 1. The number of aryl methyl sites for hydroxylation is 1. The van der Waals surface area contributed by atoms with Crippen molar-refractivity contribution in [3.8, 4) is 22.6 Å². The Kier molecular flexibility index (Phi) is 4.38. The number of nitrogens with one attached hydrogen (secondary N) is 1. The summed E-state index contributed by atoms with van der Waals surface area (Å²) < 4.78 is 13.6. The molecule has 0 unspecified atom stereocenters. The fourth-order valence-electron chi connectivity index (χ4n) is 2.44. The van der Waals surface area contributed by atoms with Crippen LogP contribution in [-0.2, 0) is 0 Å². The van der Waals surface area contributed by atoms with Crippen LogP contribution in [0.15, 0.2) is 42.7 Å². The van der Waals surface area contributed by atoms with Crippen LogP contribution in [-0.4, -0.2) is 27.9 Å². The lowest BCUT2D eigenvalue weighted by atomic mass is 10.0. The molecular formula is C18H16FN5O. The molecular weight excluding hydrogens is 321 g/mol. The van der Waals surface area contributed by atoms with Gasteiger partial charge in [-0.25, -0.2) is 14.4 Å². The minimum atomic E-state index is -0.458. The molecule has 0 radical (unpaired) electrons. The van der Waals surface area contributed by atoms with E-state index < -0.39 is 5.82 Å². The summed E-state index contributed by atoms with van der Waals surface area (Å²) in [7, 11) is 1.54. The Labute approximate surface area is 144 Å². The lowest BCUT2D eigenvalue weighted by Crippen LogP contribution is -2.19. The van der Waals surface area contributed by atoms with Crippen molar-refractivity contribution in [2.45, 2.75) is 6.92 Å². The van der Waals surface area contributed by atoms with Crippen LogP contribution in [0.5, 0.6) is 0 Å². The largest absolute Gasteiger partial charge is 0.396 e. The van der Waals surface area contributed by atoms with Crippen LogP contribution in [0.2, 0.25) is 0 Å². The first kappa shape index (κ1) is 16.5. The highest BCUT2D eigenvalue weighted by atomic mass is 19.1. The van der Waals surface area contributed by atoms with E-state index in [1.807, 2.05) is 0 Å². The van der Waals surface area contributed by atoms with E-state index in [2.05, 4.69) is 20.3 Å². The van der Waals surface area contributed by atoms with Crippen LogP contribution >= 0.6 is 0 Å². The molecule has 2 heterocycles. The first-order chi connectivity index (χ1) is 12.0. The van der Waals surface area contributed by atoms with Crippen molar-refractivity contribution in [3.63, 3.8) is 0 Å². The molecule has 0 atom stereocenters. The van der Waals surface area contributed by atoms with Crippen LogP contribution < -0.4 is 11.1 Å². The molecule has 1 aromatic carbocycles. The topological polar surface area (TPSA) is 93.8 Å². The van der Waals surface area contributed by atoms with Crippen molar-refractivity contribution < 1.29 is 9.18 Å². The second-order valence-electron chi connectivity index (χ2n) is 5.46. The molecule has 1 amide bonds. The third kappa shape index (κ3) is 3.30. The quantitative estimate of drug-likeness (QED) is 0.717. The van der Waals surface area contributed by atoms with Crippen molar-refractivity contribution in [1.29, 1.82) is 0 Å². The van der Waals surface area contributed by atoms with E-state index in [9.17, 15) is 9.18 Å². The molecule has 7 heteroatoms. The van der Waals surface area contributed by atoms with Crippen molar-refractivity contribution in [2.75, 3.05) is 12.8 Å². The molecule has 6 nitrogen and oxygen atoms in total. The Morgan fingerprint density at radius 1 is 1.16 bits per heavy atom. The maximum absolute atomic E-state index is 13.6. The molecule has 0 aliphatic heterocycles. The average molecular weight is 337 g/mol. The molecule has 0 aliphatic rings. The molecule has 0 bridgehead atoms. The van der Waals surface area contributed by atoms with E-state index in [1.54, 1.807) is 37.4 Å². The van der Waals surface area contributed by atoms with Crippen molar-refractivity contribution in [2.24, 2.45) is 0 Å². The summed E-state index contributed by atoms with van der Waals surface area (Å²) in [6.07, 6.45) is 3.13. The summed E-state index contributed by atoms with van der Waals surface area (Å²) in [6.45, 7) is 1.79. The molecule has 2 aromatic heterocycles. The molecule has 0 saturated carbocycles. The number of aromatic nitrogens is 3. The van der Waals surface area contributed by atoms with Gasteiger partial charge in [0.25, 0.3) is 5.91 Å². The predicted molar refractivity (Wildman–Crippen MR) is 93.2 cm³/mol. The Morgan fingerprint density at radius 3 is 2.68 bits per heavy atom. The maximum atomic E-state index is 13.6. The van der Waals surface area contributed by atoms with E-state index in [0.717, 1.165) is 11.1 Å². The monoisotopic (exact) mass is 337 g/mol. The summed E-state index contributed by atoms with van der Waals surface area (Å²) >= 11 is 0. The van der Waals surface area contributed by atoms with Gasteiger partial charge in [0.2, 0.25) is 0 Å². The lowest BCUT2D eigenvalue weighted by Gasteiger charge is -2.09. The Hall–Kier alpha value is -3.35. The van der Waals surface area contributed by atoms with Gasteiger partial charge in [0.05, 0.1) is 11.4 Å². The fraction of sp³-hybridized carbons (Fsp3) is 0.111. The SMILES string of the molecule is CNC(=O)c1cc(-c2nccc(-c3cc(N)c(F)cc3C)n2)ccn1. The van der Waals surface area contributed by atoms with Gasteiger partial charge in [-0.1, -0.05) is 0 Å². The summed E-state index contributed by atoms with van der Waals surface area (Å²) in [5, 5.41) is 2.52. The molecule has 3 N–H and O–H groups in total. The van der Waals surface area contributed by atoms with Crippen LogP contribution in [0.25, 0.3) is 22.6 Å². The maximum Gasteiger partial charge on any atom is 0.269 e. The number of nitrogen functional groups attached to an aromatic ring is 1. The molecule has 3 aromatic rings.